The van der Waals surface area contributed by atoms with E-state index in [4.69, 9.17) is 4.74 Å². The van der Waals surface area contributed by atoms with Gasteiger partial charge in [-0.15, -0.1) is 11.3 Å². The molecule has 0 saturated heterocycles. The van der Waals surface area contributed by atoms with E-state index in [0.29, 0.717) is 21.8 Å². The molecule has 0 bridgehead atoms. The maximum absolute atomic E-state index is 13.1. The van der Waals surface area contributed by atoms with E-state index in [-0.39, 0.29) is 6.61 Å². The topological polar surface area (TPSA) is 44.1 Å². The van der Waals surface area contributed by atoms with Crippen molar-refractivity contribution in [2.24, 2.45) is 0 Å². The summed E-state index contributed by atoms with van der Waals surface area (Å²) in [6.07, 6.45) is -4.54. The molecule has 0 aliphatic heterocycles. The van der Waals surface area contributed by atoms with Gasteiger partial charge in [0.2, 0.25) is 0 Å². The average molecular weight is 366 g/mol. The van der Waals surface area contributed by atoms with Crippen LogP contribution in [0.5, 0.6) is 0 Å². The fraction of sp³-hybridized carbons (Fsp3) is 0.176. The van der Waals surface area contributed by atoms with Gasteiger partial charge in [-0.2, -0.15) is 18.3 Å². The maximum Gasteiger partial charge on any atom is 0.435 e. The maximum atomic E-state index is 13.1. The van der Waals surface area contributed by atoms with Gasteiger partial charge in [0, 0.05) is 0 Å². The zero-order valence-electron chi connectivity index (χ0n) is 13.1. The zero-order valence-corrected chi connectivity index (χ0v) is 13.9. The molecule has 8 heteroatoms. The SMILES string of the molecule is CCOC(=O)c1ccc(-n2nc(C(F)(F)F)cc2-c2cccs2)cc1. The number of aromatic nitrogens is 2. The smallest absolute Gasteiger partial charge is 0.435 e. The van der Waals surface area contributed by atoms with Crippen LogP contribution in [0.3, 0.4) is 0 Å². The van der Waals surface area contributed by atoms with Crippen molar-refractivity contribution in [3.8, 4) is 16.3 Å². The monoisotopic (exact) mass is 366 g/mol. The number of halogens is 3. The zero-order chi connectivity index (χ0) is 18.0. The Bertz CT molecular complexity index is 868. The molecule has 1 aromatic carbocycles. The van der Waals surface area contributed by atoms with Gasteiger partial charge in [-0.1, -0.05) is 6.07 Å². The second-order valence-corrected chi connectivity index (χ2v) is 6.02. The summed E-state index contributed by atoms with van der Waals surface area (Å²) < 4.78 is 45.3. The predicted octanol–water partition coefficient (Wildman–Crippen LogP) is 4.80. The van der Waals surface area contributed by atoms with Gasteiger partial charge in [-0.3, -0.25) is 0 Å². The molecule has 0 aliphatic rings. The van der Waals surface area contributed by atoms with Crippen molar-refractivity contribution in [2.45, 2.75) is 13.1 Å². The van der Waals surface area contributed by atoms with Crippen molar-refractivity contribution in [2.75, 3.05) is 6.61 Å². The second kappa shape index (κ2) is 6.72. The molecule has 0 fully saturated rings. The third kappa shape index (κ3) is 3.58. The van der Waals surface area contributed by atoms with Crippen LogP contribution in [0.1, 0.15) is 23.0 Å². The molecule has 0 atom stereocenters. The molecule has 3 rings (SSSR count). The van der Waals surface area contributed by atoms with Crippen molar-refractivity contribution in [3.05, 3.63) is 59.1 Å². The highest BCUT2D eigenvalue weighted by Gasteiger charge is 2.35. The van der Waals surface area contributed by atoms with Crippen LogP contribution in [-0.2, 0) is 10.9 Å². The number of hydrogen-bond acceptors (Lipinski definition) is 4. The third-order valence-electron chi connectivity index (χ3n) is 3.40. The number of thiophene rings is 1. The lowest BCUT2D eigenvalue weighted by Gasteiger charge is -2.07. The van der Waals surface area contributed by atoms with E-state index in [1.54, 1.807) is 24.4 Å². The molecule has 0 N–H and O–H groups in total. The minimum absolute atomic E-state index is 0.247. The van der Waals surface area contributed by atoms with E-state index < -0.39 is 17.8 Å². The molecular formula is C17H13F3N2O2S. The summed E-state index contributed by atoms with van der Waals surface area (Å²) >= 11 is 1.32. The van der Waals surface area contributed by atoms with Gasteiger partial charge < -0.3 is 4.74 Å². The number of rotatable bonds is 4. The molecule has 130 valence electrons. The Labute approximate surface area is 145 Å². The first kappa shape index (κ1) is 17.2. The highest BCUT2D eigenvalue weighted by atomic mass is 32.1. The number of carbonyl (C=O) groups excluding carboxylic acids is 1. The normalized spacial score (nSPS) is 11.5. The molecule has 0 unspecified atom stereocenters. The van der Waals surface area contributed by atoms with Crippen LogP contribution in [0.15, 0.2) is 47.8 Å². The summed E-state index contributed by atoms with van der Waals surface area (Å²) in [6, 6.07) is 10.6. The first-order chi connectivity index (χ1) is 11.9. The third-order valence-corrected chi connectivity index (χ3v) is 4.29. The molecule has 3 aromatic rings. The minimum Gasteiger partial charge on any atom is -0.462 e. The molecule has 2 aromatic heterocycles. The lowest BCUT2D eigenvalue weighted by molar-refractivity contribution is -0.141. The van der Waals surface area contributed by atoms with Crippen LogP contribution in [0.4, 0.5) is 13.2 Å². The molecule has 0 amide bonds. The Morgan fingerprint density at radius 1 is 1.24 bits per heavy atom. The van der Waals surface area contributed by atoms with Gasteiger partial charge in [0.15, 0.2) is 5.69 Å². The molecular weight excluding hydrogens is 353 g/mol. The molecule has 2 heterocycles. The van der Waals surface area contributed by atoms with Crippen molar-refractivity contribution in [1.29, 1.82) is 0 Å². The van der Waals surface area contributed by atoms with E-state index in [9.17, 15) is 18.0 Å². The van der Waals surface area contributed by atoms with Crippen LogP contribution in [0.2, 0.25) is 0 Å². The number of alkyl halides is 3. The quantitative estimate of drug-likeness (QED) is 0.623. The molecule has 0 radical (unpaired) electrons. The van der Waals surface area contributed by atoms with Crippen molar-refractivity contribution >= 4 is 17.3 Å². The summed E-state index contributed by atoms with van der Waals surface area (Å²) in [4.78, 5) is 12.4. The molecule has 0 spiro atoms. The summed E-state index contributed by atoms with van der Waals surface area (Å²) in [5.74, 6) is -0.482. The highest BCUT2D eigenvalue weighted by molar-refractivity contribution is 7.13. The number of benzene rings is 1. The van der Waals surface area contributed by atoms with Crippen LogP contribution < -0.4 is 0 Å². The number of nitrogens with zero attached hydrogens (tertiary/aromatic N) is 2. The van der Waals surface area contributed by atoms with E-state index in [0.717, 1.165) is 6.07 Å². The Morgan fingerprint density at radius 2 is 1.96 bits per heavy atom. The van der Waals surface area contributed by atoms with Crippen molar-refractivity contribution in [1.82, 2.24) is 9.78 Å². The van der Waals surface area contributed by atoms with E-state index in [2.05, 4.69) is 5.10 Å². The second-order valence-electron chi connectivity index (χ2n) is 5.07. The van der Waals surface area contributed by atoms with Gasteiger partial charge in [0.05, 0.1) is 28.4 Å². The number of ether oxygens (including phenoxy) is 1. The first-order valence-electron chi connectivity index (χ1n) is 7.39. The fourth-order valence-corrected chi connectivity index (χ4v) is 3.00. The number of carbonyl (C=O) groups is 1. The van der Waals surface area contributed by atoms with E-state index >= 15 is 0 Å². The lowest BCUT2D eigenvalue weighted by Crippen LogP contribution is -2.08. The van der Waals surface area contributed by atoms with Gasteiger partial charge in [0.25, 0.3) is 0 Å². The summed E-state index contributed by atoms with van der Waals surface area (Å²) in [5, 5.41) is 5.48. The first-order valence-corrected chi connectivity index (χ1v) is 8.27. The number of esters is 1. The van der Waals surface area contributed by atoms with Gasteiger partial charge in [-0.05, 0) is 48.7 Å². The van der Waals surface area contributed by atoms with E-state index in [1.165, 1.54) is 40.3 Å². The average Bonchev–Trinajstić information content (AvgIpc) is 3.24. The molecule has 0 saturated carbocycles. The Kier molecular flexibility index (Phi) is 4.63. The van der Waals surface area contributed by atoms with Crippen LogP contribution in [0, 0.1) is 0 Å². The van der Waals surface area contributed by atoms with Crippen molar-refractivity contribution < 1.29 is 22.7 Å². The van der Waals surface area contributed by atoms with Crippen LogP contribution in [-0.4, -0.2) is 22.4 Å². The van der Waals surface area contributed by atoms with Gasteiger partial charge in [0.1, 0.15) is 0 Å². The van der Waals surface area contributed by atoms with Gasteiger partial charge in [-0.25, -0.2) is 9.48 Å². The Morgan fingerprint density at radius 3 is 2.52 bits per heavy atom. The highest BCUT2D eigenvalue weighted by Crippen LogP contribution is 2.34. The standard InChI is InChI=1S/C17H13F3N2O2S/c1-2-24-16(23)11-5-7-12(8-6-11)22-13(14-4-3-9-25-14)10-15(21-22)17(18,19)20/h3-10H,2H2,1H3. The number of hydrogen-bond donors (Lipinski definition) is 0. The molecule has 25 heavy (non-hydrogen) atoms. The summed E-state index contributed by atoms with van der Waals surface area (Å²) in [7, 11) is 0. The predicted molar refractivity (Wildman–Crippen MR) is 87.8 cm³/mol. The fourth-order valence-electron chi connectivity index (χ4n) is 2.27. The van der Waals surface area contributed by atoms with Crippen LogP contribution >= 0.6 is 11.3 Å². The summed E-state index contributed by atoms with van der Waals surface area (Å²) in [5.41, 5.74) is 0.120. The minimum atomic E-state index is -4.54. The molecule has 4 nitrogen and oxygen atoms in total. The van der Waals surface area contributed by atoms with E-state index in [1.807, 2.05) is 0 Å². The van der Waals surface area contributed by atoms with Crippen molar-refractivity contribution in [3.63, 3.8) is 0 Å². The summed E-state index contributed by atoms with van der Waals surface area (Å²) in [6.45, 7) is 1.94. The largest absolute Gasteiger partial charge is 0.462 e. The Balaban J connectivity index is 2.04. The molecule has 0 aliphatic carbocycles. The Hall–Kier alpha value is -2.61. The lowest BCUT2D eigenvalue weighted by atomic mass is 10.2. The van der Waals surface area contributed by atoms with Gasteiger partial charge >= 0.3 is 12.1 Å². The van der Waals surface area contributed by atoms with Crippen LogP contribution in [0.25, 0.3) is 16.3 Å².